The maximum absolute atomic E-state index is 11.4. The van der Waals surface area contributed by atoms with E-state index in [9.17, 15) is 19.2 Å². The van der Waals surface area contributed by atoms with Crippen molar-refractivity contribution in [2.75, 3.05) is 0 Å². The summed E-state index contributed by atoms with van der Waals surface area (Å²) in [5, 5.41) is 17.2. The molecule has 0 spiro atoms. The topological polar surface area (TPSA) is 109 Å². The third-order valence-electron chi connectivity index (χ3n) is 2.09. The molecule has 0 aromatic heterocycles. The summed E-state index contributed by atoms with van der Waals surface area (Å²) < 4.78 is 0. The first-order chi connectivity index (χ1) is 7.34. The van der Waals surface area contributed by atoms with Gasteiger partial charge in [-0.25, -0.2) is 4.79 Å². The fourth-order valence-electron chi connectivity index (χ4n) is 1.39. The molecule has 0 aromatic carbocycles. The molecule has 0 heterocycles. The predicted molar refractivity (Wildman–Crippen MR) is 50.7 cm³/mol. The molecule has 1 aliphatic rings. The fraction of sp³-hybridized carbons (Fsp3) is 0.200. The SMILES string of the molecule is C=C1CC(=O)C(=C(CC(=O)O)C(=O)O)C1=O. The van der Waals surface area contributed by atoms with Gasteiger partial charge < -0.3 is 10.2 Å². The highest BCUT2D eigenvalue weighted by Crippen LogP contribution is 2.25. The number of allylic oxidation sites excluding steroid dienone is 2. The molecule has 84 valence electrons. The third kappa shape index (κ3) is 2.05. The zero-order valence-corrected chi connectivity index (χ0v) is 8.15. The fourth-order valence-corrected chi connectivity index (χ4v) is 1.39. The smallest absolute Gasteiger partial charge is 0.333 e. The largest absolute Gasteiger partial charge is 0.481 e. The van der Waals surface area contributed by atoms with Crippen molar-refractivity contribution in [1.82, 2.24) is 0 Å². The van der Waals surface area contributed by atoms with Crippen LogP contribution in [0, 0.1) is 0 Å². The normalized spacial score (nSPS) is 18.9. The Morgan fingerprint density at radius 3 is 2.12 bits per heavy atom. The van der Waals surface area contributed by atoms with Crippen LogP contribution in [0.5, 0.6) is 0 Å². The monoisotopic (exact) mass is 224 g/mol. The van der Waals surface area contributed by atoms with Crippen molar-refractivity contribution in [2.24, 2.45) is 0 Å². The van der Waals surface area contributed by atoms with Gasteiger partial charge in [0.1, 0.15) is 0 Å². The number of carboxylic acid groups (broad SMARTS) is 2. The van der Waals surface area contributed by atoms with Crippen molar-refractivity contribution in [3.05, 3.63) is 23.3 Å². The molecule has 0 unspecified atom stereocenters. The average Bonchev–Trinajstić information content (AvgIpc) is 2.38. The molecule has 0 amide bonds. The molecule has 6 heteroatoms. The van der Waals surface area contributed by atoms with Crippen LogP contribution in [0.3, 0.4) is 0 Å². The molecule has 0 saturated heterocycles. The molecule has 16 heavy (non-hydrogen) atoms. The Morgan fingerprint density at radius 1 is 1.25 bits per heavy atom. The Balaban J connectivity index is 3.31. The van der Waals surface area contributed by atoms with Crippen LogP contribution in [0.2, 0.25) is 0 Å². The van der Waals surface area contributed by atoms with Crippen molar-refractivity contribution < 1.29 is 29.4 Å². The summed E-state index contributed by atoms with van der Waals surface area (Å²) in [5.41, 5.74) is -1.25. The Kier molecular flexibility index (Phi) is 3.03. The van der Waals surface area contributed by atoms with Gasteiger partial charge in [0.05, 0.1) is 17.6 Å². The van der Waals surface area contributed by atoms with Crippen molar-refractivity contribution in [3.63, 3.8) is 0 Å². The highest BCUT2D eigenvalue weighted by Gasteiger charge is 2.35. The van der Waals surface area contributed by atoms with Crippen molar-refractivity contribution >= 4 is 23.5 Å². The van der Waals surface area contributed by atoms with Crippen LogP contribution in [0.15, 0.2) is 23.3 Å². The van der Waals surface area contributed by atoms with Crippen LogP contribution in [0.1, 0.15) is 12.8 Å². The molecular weight excluding hydrogens is 216 g/mol. The molecule has 0 aliphatic heterocycles. The van der Waals surface area contributed by atoms with Gasteiger partial charge in [-0.05, 0) is 0 Å². The number of rotatable bonds is 3. The average molecular weight is 224 g/mol. The third-order valence-corrected chi connectivity index (χ3v) is 2.09. The van der Waals surface area contributed by atoms with Crippen molar-refractivity contribution in [1.29, 1.82) is 0 Å². The molecular formula is C10H8O6. The lowest BCUT2D eigenvalue weighted by Crippen LogP contribution is -2.15. The Labute approximate surface area is 89.9 Å². The van der Waals surface area contributed by atoms with Gasteiger partial charge >= 0.3 is 11.9 Å². The lowest BCUT2D eigenvalue weighted by atomic mass is 10.0. The van der Waals surface area contributed by atoms with Gasteiger partial charge in [-0.15, -0.1) is 0 Å². The number of Topliss-reactive ketones (excluding diaryl/α,β-unsaturated/α-hetero) is 2. The van der Waals surface area contributed by atoms with Gasteiger partial charge in [-0.1, -0.05) is 6.58 Å². The molecule has 1 saturated carbocycles. The van der Waals surface area contributed by atoms with Crippen LogP contribution >= 0.6 is 0 Å². The van der Waals surface area contributed by atoms with E-state index in [1.165, 1.54) is 0 Å². The molecule has 0 radical (unpaired) electrons. The summed E-state index contributed by atoms with van der Waals surface area (Å²) in [7, 11) is 0. The van der Waals surface area contributed by atoms with Crippen LogP contribution < -0.4 is 0 Å². The second-order valence-corrected chi connectivity index (χ2v) is 3.26. The number of aliphatic carboxylic acids is 2. The number of carbonyl (C=O) groups is 4. The Bertz CT molecular complexity index is 454. The summed E-state index contributed by atoms with van der Waals surface area (Å²) in [4.78, 5) is 43.9. The maximum Gasteiger partial charge on any atom is 0.333 e. The van der Waals surface area contributed by atoms with Gasteiger partial charge in [-0.2, -0.15) is 0 Å². The lowest BCUT2D eigenvalue weighted by molar-refractivity contribution is -0.139. The Hall–Kier alpha value is -2.24. The number of ketones is 2. The second kappa shape index (κ2) is 4.09. The number of hydrogen-bond acceptors (Lipinski definition) is 4. The minimum absolute atomic E-state index is 0.0101. The molecule has 1 fully saturated rings. The molecule has 0 atom stereocenters. The minimum Gasteiger partial charge on any atom is -0.481 e. The van der Waals surface area contributed by atoms with E-state index in [1.54, 1.807) is 0 Å². The second-order valence-electron chi connectivity index (χ2n) is 3.26. The molecule has 2 N–H and O–H groups in total. The first-order valence-corrected chi connectivity index (χ1v) is 4.28. The maximum atomic E-state index is 11.4. The summed E-state index contributed by atoms with van der Waals surface area (Å²) in [6.07, 6.45) is -1.11. The van der Waals surface area contributed by atoms with E-state index < -0.39 is 41.1 Å². The van der Waals surface area contributed by atoms with E-state index in [0.29, 0.717) is 0 Å². The zero-order chi connectivity index (χ0) is 12.5. The van der Waals surface area contributed by atoms with E-state index in [-0.39, 0.29) is 12.0 Å². The van der Waals surface area contributed by atoms with Crippen LogP contribution in [-0.4, -0.2) is 33.7 Å². The summed E-state index contributed by atoms with van der Waals surface area (Å²) in [5.74, 6) is -4.45. The van der Waals surface area contributed by atoms with E-state index >= 15 is 0 Å². The van der Waals surface area contributed by atoms with E-state index in [2.05, 4.69) is 6.58 Å². The van der Waals surface area contributed by atoms with Crippen molar-refractivity contribution in [3.8, 4) is 0 Å². The van der Waals surface area contributed by atoms with Gasteiger partial charge in [0.25, 0.3) is 0 Å². The quantitative estimate of drug-likeness (QED) is 0.513. The molecule has 1 aliphatic carbocycles. The molecule has 6 nitrogen and oxygen atoms in total. The predicted octanol–water partition coefficient (Wildman–Crippen LogP) is -0.0596. The zero-order valence-electron chi connectivity index (χ0n) is 8.15. The van der Waals surface area contributed by atoms with Crippen LogP contribution in [-0.2, 0) is 19.2 Å². The number of hydrogen-bond donors (Lipinski definition) is 2. The first kappa shape index (κ1) is 11.8. The van der Waals surface area contributed by atoms with E-state index in [1.807, 2.05) is 0 Å². The summed E-state index contributed by atoms with van der Waals surface area (Å²) in [6, 6.07) is 0. The summed E-state index contributed by atoms with van der Waals surface area (Å²) in [6.45, 7) is 3.31. The van der Waals surface area contributed by atoms with E-state index in [4.69, 9.17) is 10.2 Å². The first-order valence-electron chi connectivity index (χ1n) is 4.28. The van der Waals surface area contributed by atoms with Crippen LogP contribution in [0.4, 0.5) is 0 Å². The van der Waals surface area contributed by atoms with Gasteiger partial charge in [0.15, 0.2) is 11.6 Å². The number of carboxylic acids is 2. The highest BCUT2D eigenvalue weighted by molar-refractivity contribution is 6.35. The summed E-state index contributed by atoms with van der Waals surface area (Å²) >= 11 is 0. The van der Waals surface area contributed by atoms with Gasteiger partial charge in [-0.3, -0.25) is 14.4 Å². The van der Waals surface area contributed by atoms with Gasteiger partial charge in [0.2, 0.25) is 0 Å². The minimum atomic E-state index is -1.58. The lowest BCUT2D eigenvalue weighted by Gasteiger charge is -2.01. The standard InChI is InChI=1S/C10H8O6/c1-4-2-6(11)8(9(4)14)5(10(15)16)3-7(12)13/h1-3H2,(H,12,13)(H,15,16). The van der Waals surface area contributed by atoms with Crippen LogP contribution in [0.25, 0.3) is 0 Å². The Morgan fingerprint density at radius 2 is 1.81 bits per heavy atom. The highest BCUT2D eigenvalue weighted by atomic mass is 16.4. The molecule has 0 aromatic rings. The van der Waals surface area contributed by atoms with Gasteiger partial charge in [0, 0.05) is 12.0 Å². The molecule has 0 bridgehead atoms. The number of carbonyl (C=O) groups excluding carboxylic acids is 2. The van der Waals surface area contributed by atoms with E-state index in [0.717, 1.165) is 0 Å². The van der Waals surface area contributed by atoms with Crippen molar-refractivity contribution in [2.45, 2.75) is 12.8 Å². The molecule has 1 rings (SSSR count).